The summed E-state index contributed by atoms with van der Waals surface area (Å²) < 4.78 is 6.31. The quantitative estimate of drug-likeness (QED) is 0.752. The highest BCUT2D eigenvalue weighted by molar-refractivity contribution is 9.10. The number of aliphatic hydroxyl groups excluding tert-OH is 1. The van der Waals surface area contributed by atoms with Crippen LogP contribution in [-0.2, 0) is 4.79 Å². The van der Waals surface area contributed by atoms with E-state index in [1.165, 1.54) is 6.92 Å². The molecule has 21 heavy (non-hydrogen) atoms. The molecule has 0 aromatic heterocycles. The van der Waals surface area contributed by atoms with Gasteiger partial charge in [-0.1, -0.05) is 22.0 Å². The lowest BCUT2D eigenvalue weighted by Crippen LogP contribution is -2.45. The lowest BCUT2D eigenvalue weighted by atomic mass is 10.1. The fourth-order valence-electron chi connectivity index (χ4n) is 1.62. The van der Waals surface area contributed by atoms with Gasteiger partial charge in [0.2, 0.25) is 0 Å². The van der Waals surface area contributed by atoms with Crippen molar-refractivity contribution in [1.82, 2.24) is 10.6 Å². The summed E-state index contributed by atoms with van der Waals surface area (Å²) in [6.45, 7) is 5.31. The fourth-order valence-corrected chi connectivity index (χ4v) is 1.96. The first-order valence-corrected chi connectivity index (χ1v) is 7.37. The number of halogens is 1. The summed E-state index contributed by atoms with van der Waals surface area (Å²) in [5.74, 6) is -0.171. The largest absolute Gasteiger partial charge is 0.480 e. The van der Waals surface area contributed by atoms with E-state index >= 15 is 0 Å². The van der Waals surface area contributed by atoms with Crippen LogP contribution in [0, 0.1) is 0 Å². The third-order valence-electron chi connectivity index (χ3n) is 2.67. The van der Waals surface area contributed by atoms with Crippen molar-refractivity contribution >= 4 is 27.9 Å². The summed E-state index contributed by atoms with van der Waals surface area (Å²) in [4.78, 5) is 23.1. The minimum Gasteiger partial charge on any atom is -0.480 e. The Morgan fingerprint density at radius 3 is 2.62 bits per heavy atom. The predicted octanol–water partition coefficient (Wildman–Crippen LogP) is 2.12. The van der Waals surface area contributed by atoms with Crippen LogP contribution in [-0.4, -0.2) is 29.7 Å². The first-order chi connectivity index (χ1) is 9.85. The van der Waals surface area contributed by atoms with E-state index in [0.29, 0.717) is 17.9 Å². The maximum absolute atomic E-state index is 11.8. The highest BCUT2D eigenvalue weighted by Crippen LogP contribution is 2.29. The Morgan fingerprint density at radius 2 is 2.05 bits per heavy atom. The number of ether oxygens (including phenoxy) is 1. The molecule has 3 N–H and O–H groups in total. The Hall–Kier alpha value is -1.60. The lowest BCUT2D eigenvalue weighted by Gasteiger charge is -2.18. The second-order valence-electron chi connectivity index (χ2n) is 4.47. The van der Waals surface area contributed by atoms with Crippen LogP contribution in [0.3, 0.4) is 0 Å². The average Bonchev–Trinajstić information content (AvgIpc) is 2.38. The first-order valence-electron chi connectivity index (χ1n) is 6.58. The van der Waals surface area contributed by atoms with E-state index in [1.54, 1.807) is 32.0 Å². The molecule has 1 rings (SSSR count). The second kappa shape index (κ2) is 7.99. The van der Waals surface area contributed by atoms with Crippen LogP contribution < -0.4 is 15.4 Å². The van der Waals surface area contributed by atoms with Gasteiger partial charge < -0.3 is 15.2 Å². The molecule has 1 aromatic carbocycles. The number of rotatable bonds is 5. The molecule has 2 unspecified atom stereocenters. The lowest BCUT2D eigenvalue weighted by molar-refractivity contribution is -0.126. The number of hydrogen-bond donors (Lipinski definition) is 3. The number of carbonyl (C=O) groups excluding carboxylic acids is 2. The molecular weight excluding hydrogens is 340 g/mol. The Morgan fingerprint density at radius 1 is 1.38 bits per heavy atom. The molecule has 0 aliphatic heterocycles. The maximum atomic E-state index is 11.8. The molecule has 0 saturated heterocycles. The van der Waals surface area contributed by atoms with Gasteiger partial charge in [0.1, 0.15) is 5.75 Å². The Bertz CT molecular complexity index is 520. The number of carbonyl (C=O) groups is 2. The monoisotopic (exact) mass is 358 g/mol. The zero-order chi connectivity index (χ0) is 16.0. The molecule has 6 nitrogen and oxygen atoms in total. The molecule has 7 heteroatoms. The Labute approximate surface area is 132 Å². The van der Waals surface area contributed by atoms with E-state index < -0.39 is 24.1 Å². The number of benzene rings is 1. The van der Waals surface area contributed by atoms with Crippen molar-refractivity contribution in [2.75, 3.05) is 6.54 Å². The summed E-state index contributed by atoms with van der Waals surface area (Å²) >= 11 is 3.31. The minimum absolute atomic E-state index is 0.387. The van der Waals surface area contributed by atoms with Crippen LogP contribution in [0.1, 0.15) is 32.4 Å². The molecule has 2 atom stereocenters. The molecule has 1 aromatic rings. The number of aliphatic hydroxyl groups is 1. The van der Waals surface area contributed by atoms with Gasteiger partial charge in [-0.15, -0.1) is 0 Å². The number of amides is 3. The third kappa shape index (κ3) is 5.35. The van der Waals surface area contributed by atoms with Gasteiger partial charge in [-0.25, -0.2) is 4.79 Å². The van der Waals surface area contributed by atoms with Crippen molar-refractivity contribution in [2.24, 2.45) is 0 Å². The van der Waals surface area contributed by atoms with E-state index in [2.05, 4.69) is 26.6 Å². The van der Waals surface area contributed by atoms with Gasteiger partial charge >= 0.3 is 6.03 Å². The maximum Gasteiger partial charge on any atom is 0.321 e. The van der Waals surface area contributed by atoms with Crippen molar-refractivity contribution in [1.29, 1.82) is 0 Å². The highest BCUT2D eigenvalue weighted by atomic mass is 79.9. The minimum atomic E-state index is -0.876. The van der Waals surface area contributed by atoms with Crippen LogP contribution in [0.25, 0.3) is 0 Å². The van der Waals surface area contributed by atoms with Crippen LogP contribution in [0.4, 0.5) is 4.79 Å². The van der Waals surface area contributed by atoms with Crippen molar-refractivity contribution < 1.29 is 19.4 Å². The summed E-state index contributed by atoms with van der Waals surface area (Å²) in [7, 11) is 0. The summed E-state index contributed by atoms with van der Waals surface area (Å²) in [5, 5.41) is 14.3. The fraction of sp³-hybridized carbons (Fsp3) is 0.429. The van der Waals surface area contributed by atoms with Gasteiger partial charge in [0.05, 0.1) is 6.10 Å². The van der Waals surface area contributed by atoms with E-state index in [1.807, 2.05) is 0 Å². The van der Waals surface area contributed by atoms with E-state index in [0.717, 1.165) is 4.47 Å². The SMILES string of the molecule is CCNC(=O)NC(=O)C(C)Oc1cc(Br)ccc1C(C)O. The van der Waals surface area contributed by atoms with Gasteiger partial charge in [-0.2, -0.15) is 0 Å². The second-order valence-corrected chi connectivity index (χ2v) is 5.38. The van der Waals surface area contributed by atoms with Crippen LogP contribution in [0.2, 0.25) is 0 Å². The number of imide groups is 1. The molecule has 3 amide bonds. The van der Waals surface area contributed by atoms with Crippen molar-refractivity contribution in [3.8, 4) is 5.75 Å². The van der Waals surface area contributed by atoms with Crippen molar-refractivity contribution in [3.05, 3.63) is 28.2 Å². The molecule has 0 aliphatic rings. The topological polar surface area (TPSA) is 87.7 Å². The normalized spacial score (nSPS) is 13.2. The zero-order valence-electron chi connectivity index (χ0n) is 12.1. The van der Waals surface area contributed by atoms with Crippen molar-refractivity contribution in [2.45, 2.75) is 33.0 Å². The highest BCUT2D eigenvalue weighted by Gasteiger charge is 2.19. The van der Waals surface area contributed by atoms with Crippen molar-refractivity contribution in [3.63, 3.8) is 0 Å². The smallest absolute Gasteiger partial charge is 0.321 e. The number of hydrogen-bond acceptors (Lipinski definition) is 4. The summed E-state index contributed by atoms with van der Waals surface area (Å²) in [6.07, 6.45) is -1.61. The van der Waals surface area contributed by atoms with Gasteiger partial charge in [0.25, 0.3) is 5.91 Å². The van der Waals surface area contributed by atoms with E-state index in [-0.39, 0.29) is 0 Å². The summed E-state index contributed by atoms with van der Waals surface area (Å²) in [5.41, 5.74) is 0.566. The third-order valence-corrected chi connectivity index (χ3v) is 3.17. The molecule has 0 bridgehead atoms. The standard InChI is InChI=1S/C14H19BrN2O4/c1-4-16-14(20)17-13(19)9(3)21-12-7-10(15)5-6-11(12)8(2)18/h5-9,18H,4H2,1-3H3,(H2,16,17,19,20). The van der Waals surface area contributed by atoms with E-state index in [4.69, 9.17) is 4.74 Å². The predicted molar refractivity (Wildman–Crippen MR) is 82.1 cm³/mol. The van der Waals surface area contributed by atoms with Crippen LogP contribution in [0.5, 0.6) is 5.75 Å². The average molecular weight is 359 g/mol. The van der Waals surface area contributed by atoms with Gasteiger partial charge in [-0.05, 0) is 32.9 Å². The zero-order valence-corrected chi connectivity index (χ0v) is 13.7. The molecule has 0 heterocycles. The van der Waals surface area contributed by atoms with Crippen LogP contribution >= 0.6 is 15.9 Å². The first kappa shape index (κ1) is 17.5. The molecule has 0 radical (unpaired) electrons. The Kier molecular flexibility index (Phi) is 6.64. The molecule has 116 valence electrons. The van der Waals surface area contributed by atoms with Gasteiger partial charge in [-0.3, -0.25) is 10.1 Å². The Balaban J connectivity index is 2.78. The van der Waals surface area contributed by atoms with Gasteiger partial charge in [0, 0.05) is 16.6 Å². The molecule has 0 spiro atoms. The molecule has 0 aliphatic carbocycles. The molecule has 0 saturated carbocycles. The number of urea groups is 1. The summed E-state index contributed by atoms with van der Waals surface area (Å²) in [6, 6.07) is 4.58. The molecular formula is C14H19BrN2O4. The van der Waals surface area contributed by atoms with E-state index in [9.17, 15) is 14.7 Å². The van der Waals surface area contributed by atoms with Crippen LogP contribution in [0.15, 0.2) is 22.7 Å². The number of nitrogens with one attached hydrogen (secondary N) is 2. The van der Waals surface area contributed by atoms with Gasteiger partial charge in [0.15, 0.2) is 6.10 Å². The molecule has 0 fully saturated rings.